The van der Waals surface area contributed by atoms with Gasteiger partial charge in [-0.1, -0.05) is 6.92 Å². The van der Waals surface area contributed by atoms with Crippen molar-refractivity contribution in [1.29, 1.82) is 0 Å². The molecule has 0 spiro atoms. The van der Waals surface area contributed by atoms with Gasteiger partial charge in [0.15, 0.2) is 0 Å². The normalized spacial score (nSPS) is 17.6. The van der Waals surface area contributed by atoms with Crippen LogP contribution >= 0.6 is 11.3 Å². The fourth-order valence-corrected chi connectivity index (χ4v) is 2.82. The summed E-state index contributed by atoms with van der Waals surface area (Å²) in [6.45, 7) is 3.34. The van der Waals surface area contributed by atoms with Crippen LogP contribution in [0.25, 0.3) is 10.2 Å². The van der Waals surface area contributed by atoms with Crippen molar-refractivity contribution in [3.8, 4) is 0 Å². The maximum absolute atomic E-state index is 4.32. The molecule has 1 aliphatic rings. The van der Waals surface area contributed by atoms with E-state index in [0.29, 0.717) is 0 Å². The zero-order valence-electron chi connectivity index (χ0n) is 9.31. The SMILES string of the molecule is CC(CNc1ncnc2ccsc12)C1CC1. The van der Waals surface area contributed by atoms with Crippen LogP contribution in [0.5, 0.6) is 0 Å². The van der Waals surface area contributed by atoms with E-state index in [1.807, 2.05) is 6.07 Å². The van der Waals surface area contributed by atoms with E-state index in [0.717, 1.165) is 29.7 Å². The quantitative estimate of drug-likeness (QED) is 0.881. The molecule has 3 rings (SSSR count). The lowest BCUT2D eigenvalue weighted by atomic mass is 10.1. The van der Waals surface area contributed by atoms with Crippen molar-refractivity contribution in [1.82, 2.24) is 9.97 Å². The van der Waals surface area contributed by atoms with E-state index in [4.69, 9.17) is 0 Å². The monoisotopic (exact) mass is 233 g/mol. The summed E-state index contributed by atoms with van der Waals surface area (Å²) in [4.78, 5) is 8.55. The predicted molar refractivity (Wildman–Crippen MR) is 67.8 cm³/mol. The second kappa shape index (κ2) is 4.01. The topological polar surface area (TPSA) is 37.8 Å². The minimum atomic E-state index is 0.755. The van der Waals surface area contributed by atoms with Gasteiger partial charge in [0.2, 0.25) is 0 Å². The summed E-state index contributed by atoms with van der Waals surface area (Å²) < 4.78 is 1.17. The maximum atomic E-state index is 4.32. The van der Waals surface area contributed by atoms with Crippen LogP contribution in [0.15, 0.2) is 17.8 Å². The molecule has 0 saturated heterocycles. The molecule has 2 heterocycles. The van der Waals surface area contributed by atoms with Gasteiger partial charge in [-0.3, -0.25) is 0 Å². The van der Waals surface area contributed by atoms with Gasteiger partial charge < -0.3 is 5.32 Å². The van der Waals surface area contributed by atoms with Gasteiger partial charge in [-0.2, -0.15) is 0 Å². The van der Waals surface area contributed by atoms with Gasteiger partial charge in [0.25, 0.3) is 0 Å². The largest absolute Gasteiger partial charge is 0.369 e. The second-order valence-electron chi connectivity index (χ2n) is 4.55. The molecule has 16 heavy (non-hydrogen) atoms. The fraction of sp³-hybridized carbons (Fsp3) is 0.500. The Bertz CT molecular complexity index is 490. The van der Waals surface area contributed by atoms with Crippen molar-refractivity contribution >= 4 is 27.4 Å². The Hall–Kier alpha value is -1.16. The molecule has 84 valence electrons. The average Bonchev–Trinajstić information content (AvgIpc) is 3.04. The van der Waals surface area contributed by atoms with Crippen molar-refractivity contribution in [3.05, 3.63) is 17.8 Å². The van der Waals surface area contributed by atoms with Crippen LogP contribution in [0, 0.1) is 11.8 Å². The van der Waals surface area contributed by atoms with E-state index in [9.17, 15) is 0 Å². The summed E-state index contributed by atoms with van der Waals surface area (Å²) in [5.74, 6) is 2.69. The van der Waals surface area contributed by atoms with Gasteiger partial charge in [-0.05, 0) is 36.1 Å². The first-order chi connectivity index (χ1) is 7.84. The van der Waals surface area contributed by atoms with Crippen LogP contribution in [0.1, 0.15) is 19.8 Å². The third kappa shape index (κ3) is 1.89. The van der Waals surface area contributed by atoms with Gasteiger partial charge in [0.1, 0.15) is 12.1 Å². The van der Waals surface area contributed by atoms with Crippen molar-refractivity contribution in [2.45, 2.75) is 19.8 Å². The summed E-state index contributed by atoms with van der Waals surface area (Å²) in [7, 11) is 0. The number of fused-ring (bicyclic) bond motifs is 1. The van der Waals surface area contributed by atoms with E-state index in [2.05, 4.69) is 27.6 Å². The number of thiophene rings is 1. The molecular formula is C12H15N3S. The summed E-state index contributed by atoms with van der Waals surface area (Å²) in [6, 6.07) is 2.04. The van der Waals surface area contributed by atoms with Crippen molar-refractivity contribution in [3.63, 3.8) is 0 Å². The molecule has 2 aromatic heterocycles. The lowest BCUT2D eigenvalue weighted by Gasteiger charge is -2.11. The molecule has 3 nitrogen and oxygen atoms in total. The van der Waals surface area contributed by atoms with Crippen LogP contribution in [0.4, 0.5) is 5.82 Å². The van der Waals surface area contributed by atoms with Crippen LogP contribution in [0.3, 0.4) is 0 Å². The minimum Gasteiger partial charge on any atom is -0.369 e. The molecule has 1 fully saturated rings. The number of rotatable bonds is 4. The molecule has 0 amide bonds. The van der Waals surface area contributed by atoms with Crippen molar-refractivity contribution in [2.24, 2.45) is 11.8 Å². The maximum Gasteiger partial charge on any atom is 0.147 e. The Kier molecular flexibility index (Phi) is 2.52. The van der Waals surface area contributed by atoms with Crippen LogP contribution in [-0.2, 0) is 0 Å². The highest BCUT2D eigenvalue weighted by Crippen LogP contribution is 2.36. The Morgan fingerprint density at radius 1 is 1.50 bits per heavy atom. The molecule has 2 aromatic rings. The van der Waals surface area contributed by atoms with E-state index >= 15 is 0 Å². The molecule has 0 bridgehead atoms. The Morgan fingerprint density at radius 3 is 3.19 bits per heavy atom. The highest BCUT2D eigenvalue weighted by Gasteiger charge is 2.27. The van der Waals surface area contributed by atoms with Gasteiger partial charge in [-0.25, -0.2) is 9.97 Å². The average molecular weight is 233 g/mol. The number of hydrogen-bond donors (Lipinski definition) is 1. The first-order valence-corrected chi connectivity index (χ1v) is 6.64. The lowest BCUT2D eigenvalue weighted by Crippen LogP contribution is -2.13. The van der Waals surface area contributed by atoms with Crippen LogP contribution in [0.2, 0.25) is 0 Å². The molecule has 1 saturated carbocycles. The third-order valence-electron chi connectivity index (χ3n) is 3.26. The molecule has 1 aliphatic carbocycles. The van der Waals surface area contributed by atoms with Crippen molar-refractivity contribution in [2.75, 3.05) is 11.9 Å². The van der Waals surface area contributed by atoms with Gasteiger partial charge >= 0.3 is 0 Å². The number of aromatic nitrogens is 2. The standard InChI is InChI=1S/C12H15N3S/c1-8(9-2-3-9)6-13-12-11-10(4-5-16-11)14-7-15-12/h4-5,7-9H,2-3,6H2,1H3,(H,13,14,15). The van der Waals surface area contributed by atoms with E-state index < -0.39 is 0 Å². The van der Waals surface area contributed by atoms with Gasteiger partial charge in [-0.15, -0.1) is 11.3 Å². The number of hydrogen-bond acceptors (Lipinski definition) is 4. The Labute approximate surface area is 98.9 Å². The summed E-state index contributed by atoms with van der Waals surface area (Å²) >= 11 is 1.70. The van der Waals surface area contributed by atoms with Crippen molar-refractivity contribution < 1.29 is 0 Å². The third-order valence-corrected chi connectivity index (χ3v) is 4.17. The molecular weight excluding hydrogens is 218 g/mol. The number of anilines is 1. The van der Waals surface area contributed by atoms with Gasteiger partial charge in [0, 0.05) is 6.54 Å². The van der Waals surface area contributed by atoms with Crippen LogP contribution < -0.4 is 5.32 Å². The Balaban J connectivity index is 1.75. The molecule has 1 atom stereocenters. The molecule has 1 N–H and O–H groups in total. The lowest BCUT2D eigenvalue weighted by molar-refractivity contribution is 0.536. The molecule has 0 radical (unpaired) electrons. The highest BCUT2D eigenvalue weighted by atomic mass is 32.1. The molecule has 4 heteroatoms. The van der Waals surface area contributed by atoms with E-state index in [-0.39, 0.29) is 0 Å². The molecule has 1 unspecified atom stereocenters. The van der Waals surface area contributed by atoms with Gasteiger partial charge in [0.05, 0.1) is 10.2 Å². The zero-order valence-corrected chi connectivity index (χ0v) is 10.1. The number of nitrogens with zero attached hydrogens (tertiary/aromatic N) is 2. The summed E-state index contributed by atoms with van der Waals surface area (Å²) in [6.07, 6.45) is 4.45. The first kappa shape index (κ1) is 10.0. The minimum absolute atomic E-state index is 0.755. The Morgan fingerprint density at radius 2 is 2.38 bits per heavy atom. The summed E-state index contributed by atoms with van der Waals surface area (Å²) in [5.41, 5.74) is 1.04. The molecule has 0 aliphatic heterocycles. The summed E-state index contributed by atoms with van der Waals surface area (Å²) in [5, 5.41) is 5.52. The zero-order chi connectivity index (χ0) is 11.0. The second-order valence-corrected chi connectivity index (χ2v) is 5.47. The number of nitrogens with one attached hydrogen (secondary N) is 1. The molecule has 0 aromatic carbocycles. The predicted octanol–water partition coefficient (Wildman–Crippen LogP) is 3.15. The first-order valence-electron chi connectivity index (χ1n) is 5.76. The smallest absolute Gasteiger partial charge is 0.147 e. The van der Waals surface area contributed by atoms with E-state index in [1.165, 1.54) is 17.5 Å². The fourth-order valence-electron chi connectivity index (χ4n) is 2.00. The van der Waals surface area contributed by atoms with Crippen LogP contribution in [-0.4, -0.2) is 16.5 Å². The van der Waals surface area contributed by atoms with E-state index in [1.54, 1.807) is 17.7 Å². The highest BCUT2D eigenvalue weighted by molar-refractivity contribution is 7.17.